The Morgan fingerprint density at radius 1 is 0.571 bits per heavy atom. The Bertz CT molecular complexity index is 1030. The summed E-state index contributed by atoms with van der Waals surface area (Å²) in [7, 11) is 0. The van der Waals surface area contributed by atoms with Gasteiger partial charge in [-0.1, -0.05) is 51.1 Å². The lowest BCUT2D eigenvalue weighted by Gasteiger charge is -2.19. The molecule has 6 heteroatoms. The van der Waals surface area contributed by atoms with Crippen LogP contribution in [0.2, 0.25) is 0 Å². The lowest BCUT2D eigenvalue weighted by Crippen LogP contribution is -2.10. The summed E-state index contributed by atoms with van der Waals surface area (Å²) in [5.74, 6) is 0. The first-order chi connectivity index (χ1) is 13.3. The minimum Gasteiger partial charge on any atom is -0.397 e. The Morgan fingerprint density at radius 3 is 1.61 bits per heavy atom. The zero-order valence-corrected chi connectivity index (χ0v) is 16.3. The fourth-order valence-corrected chi connectivity index (χ4v) is 2.52. The molecule has 0 amide bonds. The molecule has 0 aliphatic heterocycles. The summed E-state index contributed by atoms with van der Waals surface area (Å²) in [6.45, 7) is 6.43. The first kappa shape index (κ1) is 19.2. The van der Waals surface area contributed by atoms with Gasteiger partial charge < -0.3 is 11.5 Å². The first-order valence-electron chi connectivity index (χ1n) is 9.01. The lowest BCUT2D eigenvalue weighted by molar-refractivity contribution is 0.590. The molecule has 142 valence electrons. The van der Waals surface area contributed by atoms with Crippen molar-refractivity contribution < 1.29 is 0 Å². The molecule has 0 aliphatic carbocycles. The monoisotopic (exact) mass is 372 g/mol. The maximum atomic E-state index is 6.08. The van der Waals surface area contributed by atoms with Gasteiger partial charge in [0.1, 0.15) is 22.7 Å². The maximum Gasteiger partial charge on any atom is 0.113 e. The topological polar surface area (TPSA) is 101 Å². The number of hydrogen-bond acceptors (Lipinski definition) is 6. The largest absolute Gasteiger partial charge is 0.397 e. The zero-order chi connectivity index (χ0) is 20.1. The van der Waals surface area contributed by atoms with Gasteiger partial charge in [0, 0.05) is 0 Å². The van der Waals surface area contributed by atoms with Crippen molar-refractivity contribution in [2.45, 2.75) is 26.2 Å². The summed E-state index contributed by atoms with van der Waals surface area (Å²) < 4.78 is 0. The summed E-state index contributed by atoms with van der Waals surface area (Å²) in [5, 5.41) is 17.2. The van der Waals surface area contributed by atoms with Crippen LogP contribution in [0.3, 0.4) is 0 Å². The molecule has 0 fully saturated rings. The van der Waals surface area contributed by atoms with Crippen LogP contribution in [0, 0.1) is 0 Å². The number of azo groups is 2. The van der Waals surface area contributed by atoms with Gasteiger partial charge in [0.05, 0.1) is 11.4 Å². The van der Waals surface area contributed by atoms with Crippen LogP contribution < -0.4 is 11.5 Å². The molecule has 28 heavy (non-hydrogen) atoms. The van der Waals surface area contributed by atoms with Gasteiger partial charge in [0.2, 0.25) is 0 Å². The van der Waals surface area contributed by atoms with Crippen molar-refractivity contribution in [3.05, 3.63) is 72.3 Å². The van der Waals surface area contributed by atoms with Crippen LogP contribution in [0.25, 0.3) is 0 Å². The molecule has 3 rings (SSSR count). The van der Waals surface area contributed by atoms with Gasteiger partial charge in [-0.05, 0) is 47.4 Å². The summed E-state index contributed by atoms with van der Waals surface area (Å²) in [4.78, 5) is 0. The number of hydrogen-bond donors (Lipinski definition) is 2. The third-order valence-electron chi connectivity index (χ3n) is 4.25. The Labute approximate surface area is 165 Å². The molecule has 3 aromatic rings. The molecule has 3 aromatic carbocycles. The van der Waals surface area contributed by atoms with Gasteiger partial charge in [0.25, 0.3) is 0 Å². The molecule has 0 unspecified atom stereocenters. The van der Waals surface area contributed by atoms with Gasteiger partial charge in [-0.25, -0.2) is 0 Å². The van der Waals surface area contributed by atoms with Crippen LogP contribution in [0.4, 0.5) is 34.1 Å². The number of nitrogens with two attached hydrogens (primary N) is 2. The zero-order valence-electron chi connectivity index (χ0n) is 16.3. The van der Waals surface area contributed by atoms with Gasteiger partial charge in [-0.15, -0.1) is 20.5 Å². The van der Waals surface area contributed by atoms with E-state index in [9.17, 15) is 0 Å². The van der Waals surface area contributed by atoms with Crippen LogP contribution >= 0.6 is 0 Å². The molecule has 0 atom stereocenters. The summed E-state index contributed by atoms with van der Waals surface area (Å²) >= 11 is 0. The molecule has 0 aromatic heterocycles. The molecule has 0 aliphatic rings. The van der Waals surface area contributed by atoms with Crippen molar-refractivity contribution in [3.8, 4) is 0 Å². The quantitative estimate of drug-likeness (QED) is 0.381. The van der Waals surface area contributed by atoms with Gasteiger partial charge >= 0.3 is 0 Å². The summed E-state index contributed by atoms with van der Waals surface area (Å²) in [6.07, 6.45) is 0. The Hall–Kier alpha value is -3.54. The highest BCUT2D eigenvalue weighted by Crippen LogP contribution is 2.34. The van der Waals surface area contributed by atoms with Crippen molar-refractivity contribution in [3.63, 3.8) is 0 Å². The van der Waals surface area contributed by atoms with E-state index in [1.54, 1.807) is 6.07 Å². The second-order valence-corrected chi connectivity index (χ2v) is 7.47. The van der Waals surface area contributed by atoms with Crippen molar-refractivity contribution in [1.82, 2.24) is 0 Å². The minimum atomic E-state index is -0.000293. The average molecular weight is 372 g/mol. The fourth-order valence-electron chi connectivity index (χ4n) is 2.52. The van der Waals surface area contributed by atoms with E-state index in [1.165, 1.54) is 0 Å². The number of rotatable bonds is 4. The van der Waals surface area contributed by atoms with Crippen LogP contribution in [0.15, 0.2) is 87.2 Å². The molecule has 0 saturated heterocycles. The van der Waals surface area contributed by atoms with Crippen molar-refractivity contribution in [2.24, 2.45) is 20.5 Å². The van der Waals surface area contributed by atoms with E-state index in [2.05, 4.69) is 41.2 Å². The maximum absolute atomic E-state index is 6.08. The molecular formula is C22H24N6. The molecule has 0 spiro atoms. The Morgan fingerprint density at radius 2 is 1.04 bits per heavy atom. The van der Waals surface area contributed by atoms with Crippen molar-refractivity contribution in [1.29, 1.82) is 0 Å². The molecule has 0 radical (unpaired) electrons. The van der Waals surface area contributed by atoms with Gasteiger partial charge in [0.15, 0.2) is 0 Å². The molecule has 0 saturated carbocycles. The summed E-state index contributed by atoms with van der Waals surface area (Å²) in [5.41, 5.74) is 16.7. The molecule has 4 N–H and O–H groups in total. The molecule has 0 heterocycles. The van der Waals surface area contributed by atoms with E-state index >= 15 is 0 Å². The predicted molar refractivity (Wildman–Crippen MR) is 115 cm³/mol. The number of benzene rings is 3. The average Bonchev–Trinajstić information content (AvgIpc) is 2.66. The first-order valence-corrected chi connectivity index (χ1v) is 9.01. The van der Waals surface area contributed by atoms with Crippen molar-refractivity contribution in [2.75, 3.05) is 11.5 Å². The highest BCUT2D eigenvalue weighted by atomic mass is 15.2. The van der Waals surface area contributed by atoms with Gasteiger partial charge in [-0.3, -0.25) is 0 Å². The standard InChI is InChI=1S/C22H24N6/c1-22(2,3)15-12-13-17(24)21(14-15)28-27-20-11-7-6-10-19(20)26-25-18-9-5-4-8-16(18)23/h4-14H,23-24H2,1-3H3. The number of nitrogen functional groups attached to an aromatic ring is 2. The summed E-state index contributed by atoms with van der Waals surface area (Å²) in [6, 6.07) is 20.5. The number of anilines is 2. The Kier molecular flexibility index (Phi) is 5.49. The van der Waals surface area contributed by atoms with E-state index in [1.807, 2.05) is 60.7 Å². The highest BCUT2D eigenvalue weighted by Gasteiger charge is 2.15. The second kappa shape index (κ2) is 8.00. The van der Waals surface area contributed by atoms with E-state index in [0.29, 0.717) is 34.1 Å². The van der Waals surface area contributed by atoms with Gasteiger partial charge in [-0.2, -0.15) is 0 Å². The smallest absolute Gasteiger partial charge is 0.113 e. The van der Waals surface area contributed by atoms with E-state index in [4.69, 9.17) is 11.5 Å². The highest BCUT2D eigenvalue weighted by molar-refractivity contribution is 5.66. The van der Waals surface area contributed by atoms with E-state index in [-0.39, 0.29) is 5.41 Å². The number of para-hydroxylation sites is 1. The van der Waals surface area contributed by atoms with Crippen LogP contribution in [0.1, 0.15) is 26.3 Å². The van der Waals surface area contributed by atoms with E-state index in [0.717, 1.165) is 5.56 Å². The van der Waals surface area contributed by atoms with Crippen LogP contribution in [0.5, 0.6) is 0 Å². The SMILES string of the molecule is CC(C)(C)c1ccc(N)c(N=Nc2ccccc2N=Nc2ccccc2N)c1. The third-order valence-corrected chi connectivity index (χ3v) is 4.25. The van der Waals surface area contributed by atoms with Crippen LogP contribution in [-0.2, 0) is 5.41 Å². The normalized spacial score (nSPS) is 12.1. The Balaban J connectivity index is 1.91. The minimum absolute atomic E-state index is 0.000293. The third kappa shape index (κ3) is 4.59. The molecule has 6 nitrogen and oxygen atoms in total. The van der Waals surface area contributed by atoms with Crippen molar-refractivity contribution >= 4 is 34.1 Å². The second-order valence-electron chi connectivity index (χ2n) is 7.47. The van der Waals surface area contributed by atoms with Crippen LogP contribution in [-0.4, -0.2) is 0 Å². The lowest BCUT2D eigenvalue weighted by atomic mass is 9.87. The van der Waals surface area contributed by atoms with E-state index < -0.39 is 0 Å². The predicted octanol–water partition coefficient (Wildman–Crippen LogP) is 6.98. The number of nitrogens with zero attached hydrogens (tertiary/aromatic N) is 4. The fraction of sp³-hybridized carbons (Fsp3) is 0.182. The molecule has 0 bridgehead atoms. The molecular weight excluding hydrogens is 348 g/mol.